The lowest BCUT2D eigenvalue weighted by Gasteiger charge is -2.10. The predicted octanol–water partition coefficient (Wildman–Crippen LogP) is 3.44. The maximum Gasteiger partial charge on any atom is 0.341 e. The van der Waals surface area contributed by atoms with E-state index in [4.69, 9.17) is 39.5 Å². The summed E-state index contributed by atoms with van der Waals surface area (Å²) in [5, 5.41) is 0.401. The number of ether oxygens (including phenoxy) is 2. The molecule has 0 N–H and O–H groups in total. The van der Waals surface area contributed by atoms with Crippen LogP contribution in [0, 0.1) is 0 Å². The Morgan fingerprint density at radius 3 is 2.27 bits per heavy atom. The number of benzene rings is 1. The first-order valence-electron chi connectivity index (χ1n) is 3.82. The summed E-state index contributed by atoms with van der Waals surface area (Å²) in [6, 6.07) is 1.35. The number of esters is 1. The van der Waals surface area contributed by atoms with Crippen molar-refractivity contribution in [3.63, 3.8) is 0 Å². The summed E-state index contributed by atoms with van der Waals surface area (Å²) >= 11 is 17.4. The van der Waals surface area contributed by atoms with Crippen LogP contribution < -0.4 is 4.74 Å². The van der Waals surface area contributed by atoms with Crippen LogP contribution in [-0.2, 0) is 4.74 Å². The molecule has 6 heteroatoms. The van der Waals surface area contributed by atoms with Crippen LogP contribution in [0.15, 0.2) is 6.07 Å². The van der Waals surface area contributed by atoms with Gasteiger partial charge in [0.2, 0.25) is 0 Å². The van der Waals surface area contributed by atoms with Crippen LogP contribution in [0.3, 0.4) is 0 Å². The Hall–Kier alpha value is -0.640. The van der Waals surface area contributed by atoms with Crippen molar-refractivity contribution in [3.05, 3.63) is 26.7 Å². The molecule has 1 aromatic carbocycles. The van der Waals surface area contributed by atoms with E-state index in [-0.39, 0.29) is 26.4 Å². The number of carbonyl (C=O) groups excluding carboxylic acids is 1. The van der Waals surface area contributed by atoms with Gasteiger partial charge >= 0.3 is 5.97 Å². The third-order valence-corrected chi connectivity index (χ3v) is 2.97. The fourth-order valence-corrected chi connectivity index (χ4v) is 1.71. The summed E-state index contributed by atoms with van der Waals surface area (Å²) in [6.07, 6.45) is 0. The Morgan fingerprint density at radius 1 is 1.20 bits per heavy atom. The molecule has 0 spiro atoms. The van der Waals surface area contributed by atoms with Gasteiger partial charge in [-0.2, -0.15) is 0 Å². The van der Waals surface area contributed by atoms with E-state index >= 15 is 0 Å². The predicted molar refractivity (Wildman–Crippen MR) is 59.4 cm³/mol. The van der Waals surface area contributed by atoms with E-state index in [0.717, 1.165) is 0 Å². The van der Waals surface area contributed by atoms with Crippen LogP contribution in [0.2, 0.25) is 15.1 Å². The lowest BCUT2D eigenvalue weighted by molar-refractivity contribution is 0.0597. The highest BCUT2D eigenvalue weighted by Crippen LogP contribution is 2.40. The molecule has 0 aliphatic carbocycles. The molecule has 0 heterocycles. The normalized spacial score (nSPS) is 9.93. The van der Waals surface area contributed by atoms with Gasteiger partial charge in [-0.25, -0.2) is 4.79 Å². The molecule has 0 aromatic heterocycles. The van der Waals surface area contributed by atoms with Crippen molar-refractivity contribution < 1.29 is 14.3 Å². The van der Waals surface area contributed by atoms with Gasteiger partial charge in [-0.1, -0.05) is 34.8 Å². The fraction of sp³-hybridized carbons (Fsp3) is 0.222. The minimum atomic E-state index is -0.590. The van der Waals surface area contributed by atoms with E-state index < -0.39 is 5.97 Å². The quantitative estimate of drug-likeness (QED) is 0.609. The Bertz CT molecular complexity index is 404. The van der Waals surface area contributed by atoms with Crippen LogP contribution in [0.4, 0.5) is 0 Å². The molecule has 0 aliphatic heterocycles. The molecule has 15 heavy (non-hydrogen) atoms. The Labute approximate surface area is 102 Å². The zero-order valence-corrected chi connectivity index (χ0v) is 10.2. The van der Waals surface area contributed by atoms with Gasteiger partial charge in [-0.3, -0.25) is 0 Å². The molecular weight excluding hydrogens is 262 g/mol. The molecule has 1 aromatic rings. The zero-order chi connectivity index (χ0) is 11.6. The van der Waals surface area contributed by atoms with Crippen molar-refractivity contribution in [1.29, 1.82) is 0 Å². The van der Waals surface area contributed by atoms with Gasteiger partial charge in [0, 0.05) is 0 Å². The van der Waals surface area contributed by atoms with Gasteiger partial charge < -0.3 is 9.47 Å². The minimum absolute atomic E-state index is 0.0899. The fourth-order valence-electron chi connectivity index (χ4n) is 1.04. The van der Waals surface area contributed by atoms with Crippen molar-refractivity contribution in [3.8, 4) is 5.75 Å². The number of hydrogen-bond donors (Lipinski definition) is 0. The highest BCUT2D eigenvalue weighted by Gasteiger charge is 2.20. The van der Waals surface area contributed by atoms with E-state index in [1.165, 1.54) is 20.3 Å². The molecule has 0 atom stereocenters. The highest BCUT2D eigenvalue weighted by atomic mass is 35.5. The Morgan fingerprint density at radius 2 is 1.80 bits per heavy atom. The van der Waals surface area contributed by atoms with E-state index in [1.54, 1.807) is 0 Å². The van der Waals surface area contributed by atoms with Gasteiger partial charge in [0.25, 0.3) is 0 Å². The second kappa shape index (κ2) is 4.92. The molecule has 0 radical (unpaired) electrons. The van der Waals surface area contributed by atoms with E-state index in [2.05, 4.69) is 4.74 Å². The van der Waals surface area contributed by atoms with Crippen molar-refractivity contribution >= 4 is 40.8 Å². The molecule has 0 saturated heterocycles. The van der Waals surface area contributed by atoms with Gasteiger partial charge in [-0.15, -0.1) is 0 Å². The maximum absolute atomic E-state index is 11.3. The molecule has 0 unspecified atom stereocenters. The summed E-state index contributed by atoms with van der Waals surface area (Å²) in [5.41, 5.74) is 0.138. The monoisotopic (exact) mass is 268 g/mol. The lowest BCUT2D eigenvalue weighted by Crippen LogP contribution is -2.04. The van der Waals surface area contributed by atoms with Gasteiger partial charge in [0.15, 0.2) is 5.75 Å². The first kappa shape index (κ1) is 12.4. The first-order chi connectivity index (χ1) is 7.02. The third-order valence-electron chi connectivity index (χ3n) is 1.73. The molecule has 3 nitrogen and oxygen atoms in total. The van der Waals surface area contributed by atoms with E-state index in [0.29, 0.717) is 0 Å². The Balaban J connectivity index is 3.45. The average molecular weight is 270 g/mol. The van der Waals surface area contributed by atoms with E-state index in [9.17, 15) is 4.79 Å². The molecule has 82 valence electrons. The van der Waals surface area contributed by atoms with Crippen molar-refractivity contribution in [2.75, 3.05) is 14.2 Å². The lowest BCUT2D eigenvalue weighted by atomic mass is 10.2. The summed E-state index contributed by atoms with van der Waals surface area (Å²) in [4.78, 5) is 11.3. The molecule has 0 bridgehead atoms. The summed E-state index contributed by atoms with van der Waals surface area (Å²) in [5.74, 6) is -0.440. The molecule has 1 rings (SSSR count). The van der Waals surface area contributed by atoms with Crippen LogP contribution in [0.25, 0.3) is 0 Å². The molecule has 0 saturated carbocycles. The SMILES string of the molecule is COC(=O)c1cc(Cl)c(Cl)c(Cl)c1OC. The van der Waals surface area contributed by atoms with Crippen LogP contribution in [0.1, 0.15) is 10.4 Å². The highest BCUT2D eigenvalue weighted by molar-refractivity contribution is 6.49. The van der Waals surface area contributed by atoms with E-state index in [1.807, 2.05) is 0 Å². The smallest absolute Gasteiger partial charge is 0.341 e. The summed E-state index contributed by atoms with van der Waals surface area (Å²) in [6.45, 7) is 0. The number of methoxy groups -OCH3 is 2. The number of rotatable bonds is 2. The second-order valence-electron chi connectivity index (χ2n) is 2.56. The maximum atomic E-state index is 11.3. The minimum Gasteiger partial charge on any atom is -0.494 e. The topological polar surface area (TPSA) is 35.5 Å². The number of hydrogen-bond acceptors (Lipinski definition) is 3. The number of halogens is 3. The van der Waals surface area contributed by atoms with Crippen LogP contribution >= 0.6 is 34.8 Å². The van der Waals surface area contributed by atoms with Crippen molar-refractivity contribution in [2.45, 2.75) is 0 Å². The van der Waals surface area contributed by atoms with Gasteiger partial charge in [0.1, 0.15) is 10.6 Å². The molecule has 0 amide bonds. The summed E-state index contributed by atoms with van der Waals surface area (Å²) in [7, 11) is 2.62. The second-order valence-corrected chi connectivity index (χ2v) is 3.72. The number of carbonyl (C=O) groups is 1. The molecular formula is C9H7Cl3O3. The first-order valence-corrected chi connectivity index (χ1v) is 4.96. The van der Waals surface area contributed by atoms with Crippen molar-refractivity contribution in [2.24, 2.45) is 0 Å². The van der Waals surface area contributed by atoms with Gasteiger partial charge in [0.05, 0.1) is 24.3 Å². The summed E-state index contributed by atoms with van der Waals surface area (Å²) < 4.78 is 9.51. The molecule has 0 fully saturated rings. The molecule has 0 aliphatic rings. The largest absolute Gasteiger partial charge is 0.494 e. The van der Waals surface area contributed by atoms with Crippen molar-refractivity contribution in [1.82, 2.24) is 0 Å². The Kier molecular flexibility index (Phi) is 4.08. The van der Waals surface area contributed by atoms with Gasteiger partial charge in [-0.05, 0) is 6.07 Å². The zero-order valence-electron chi connectivity index (χ0n) is 7.94. The van der Waals surface area contributed by atoms with Crippen LogP contribution in [0.5, 0.6) is 5.75 Å². The third kappa shape index (κ3) is 2.30. The standard InChI is InChI=1S/C9H7Cl3O3/c1-14-8-4(9(13)15-2)3-5(10)6(11)7(8)12/h3H,1-2H3. The van der Waals surface area contributed by atoms with Crippen LogP contribution in [-0.4, -0.2) is 20.2 Å². The average Bonchev–Trinajstić information content (AvgIpc) is 2.24.